The maximum Gasteiger partial charge on any atom is 0.304 e. The third-order valence-corrected chi connectivity index (χ3v) is 1.58. The first-order valence-corrected chi connectivity index (χ1v) is 3.30. The summed E-state index contributed by atoms with van der Waals surface area (Å²) in [7, 11) is 0. The molecule has 1 rings (SSSR count). The van der Waals surface area contributed by atoms with E-state index in [4.69, 9.17) is 10.2 Å². The Morgan fingerprint density at radius 2 is 2.09 bits per heavy atom. The van der Waals surface area contributed by atoms with Gasteiger partial charge in [0, 0.05) is 19.6 Å². The number of aliphatic carboxylic acids is 1. The van der Waals surface area contributed by atoms with Crippen molar-refractivity contribution >= 4 is 18.4 Å². The lowest BCUT2D eigenvalue weighted by Crippen LogP contribution is -2.51. The van der Waals surface area contributed by atoms with E-state index < -0.39 is 5.97 Å². The Labute approximate surface area is 71.2 Å². The maximum absolute atomic E-state index is 10.0. The van der Waals surface area contributed by atoms with Crippen LogP contribution in [0.4, 0.5) is 0 Å². The molecular weight excluding hydrogens is 170 g/mol. The third-order valence-electron chi connectivity index (χ3n) is 1.58. The second-order valence-electron chi connectivity index (χ2n) is 2.56. The Hall–Kier alpha value is -0.320. The van der Waals surface area contributed by atoms with E-state index in [0.717, 1.165) is 0 Å². The summed E-state index contributed by atoms with van der Waals surface area (Å²) in [6.45, 7) is 1.83. The smallest absolute Gasteiger partial charge is 0.304 e. The molecule has 5 heteroatoms. The molecule has 0 unspecified atom stereocenters. The predicted octanol–water partition coefficient (Wildman–Crippen LogP) is -0.441. The molecule has 1 heterocycles. The lowest BCUT2D eigenvalue weighted by atomic mass is 10.1. The second-order valence-corrected chi connectivity index (χ2v) is 2.56. The Balaban J connectivity index is 0.000001000. The van der Waals surface area contributed by atoms with Gasteiger partial charge in [-0.1, -0.05) is 0 Å². The molecule has 0 spiro atoms. The number of rotatable bonds is 3. The average molecular weight is 182 g/mol. The Kier molecular flexibility index (Phi) is 4.40. The van der Waals surface area contributed by atoms with Crippen LogP contribution in [0.5, 0.6) is 0 Å². The zero-order valence-electron chi connectivity index (χ0n) is 6.06. The molecule has 0 saturated carbocycles. The number of aliphatic hydroxyl groups excluding tert-OH is 1. The van der Waals surface area contributed by atoms with Gasteiger partial charge < -0.3 is 10.2 Å². The molecule has 1 aliphatic rings. The minimum absolute atomic E-state index is 0. The van der Waals surface area contributed by atoms with E-state index in [0.29, 0.717) is 19.6 Å². The standard InChI is InChI=1S/C6H11NO3.ClH/c8-5-3-7(4-5)2-1-6(9)10;/h5,8H,1-4H2,(H,9,10);1H. The Morgan fingerprint density at radius 3 is 2.45 bits per heavy atom. The molecule has 11 heavy (non-hydrogen) atoms. The molecule has 0 amide bonds. The first-order valence-electron chi connectivity index (χ1n) is 3.30. The lowest BCUT2D eigenvalue weighted by molar-refractivity contribution is -0.138. The van der Waals surface area contributed by atoms with Gasteiger partial charge in [-0.05, 0) is 0 Å². The van der Waals surface area contributed by atoms with Gasteiger partial charge in [-0.2, -0.15) is 0 Å². The largest absolute Gasteiger partial charge is 0.481 e. The minimum atomic E-state index is -0.776. The molecule has 1 saturated heterocycles. The van der Waals surface area contributed by atoms with Crippen molar-refractivity contribution < 1.29 is 15.0 Å². The molecule has 0 aromatic rings. The summed E-state index contributed by atoms with van der Waals surface area (Å²) >= 11 is 0. The first kappa shape index (κ1) is 10.7. The number of likely N-dealkylation sites (tertiary alicyclic amines) is 1. The predicted molar refractivity (Wildman–Crippen MR) is 41.9 cm³/mol. The number of carboxylic acid groups (broad SMARTS) is 1. The van der Waals surface area contributed by atoms with Gasteiger partial charge in [0.1, 0.15) is 0 Å². The van der Waals surface area contributed by atoms with Crippen molar-refractivity contribution in [3.63, 3.8) is 0 Å². The fraction of sp³-hybridized carbons (Fsp3) is 0.833. The highest BCUT2D eigenvalue weighted by molar-refractivity contribution is 5.85. The van der Waals surface area contributed by atoms with E-state index in [1.165, 1.54) is 0 Å². The lowest BCUT2D eigenvalue weighted by Gasteiger charge is -2.35. The average Bonchev–Trinajstić information content (AvgIpc) is 1.77. The van der Waals surface area contributed by atoms with E-state index in [1.54, 1.807) is 0 Å². The highest BCUT2D eigenvalue weighted by atomic mass is 35.5. The number of halogens is 1. The van der Waals surface area contributed by atoms with Gasteiger partial charge in [0.05, 0.1) is 12.5 Å². The molecule has 0 aromatic carbocycles. The molecule has 0 bridgehead atoms. The molecule has 1 aliphatic heterocycles. The van der Waals surface area contributed by atoms with Gasteiger partial charge in [0.15, 0.2) is 0 Å². The van der Waals surface area contributed by atoms with Crippen LogP contribution >= 0.6 is 12.4 Å². The zero-order chi connectivity index (χ0) is 7.56. The molecule has 0 radical (unpaired) electrons. The number of hydrogen-bond acceptors (Lipinski definition) is 3. The second kappa shape index (κ2) is 4.54. The van der Waals surface area contributed by atoms with Crippen LogP contribution in [0.2, 0.25) is 0 Å². The van der Waals surface area contributed by atoms with Crippen molar-refractivity contribution in [1.29, 1.82) is 0 Å². The summed E-state index contributed by atoms with van der Waals surface area (Å²) in [6.07, 6.45) is -0.0546. The summed E-state index contributed by atoms with van der Waals surface area (Å²) in [6, 6.07) is 0. The summed E-state index contributed by atoms with van der Waals surface area (Å²) in [5, 5.41) is 17.1. The maximum atomic E-state index is 10.0. The van der Waals surface area contributed by atoms with Crippen molar-refractivity contribution in [2.24, 2.45) is 0 Å². The van der Waals surface area contributed by atoms with Crippen LogP contribution in [0.3, 0.4) is 0 Å². The topological polar surface area (TPSA) is 60.8 Å². The minimum Gasteiger partial charge on any atom is -0.481 e. The van der Waals surface area contributed by atoms with E-state index in [9.17, 15) is 4.79 Å². The number of aliphatic hydroxyl groups is 1. The number of hydrogen-bond donors (Lipinski definition) is 2. The number of carbonyl (C=O) groups is 1. The van der Waals surface area contributed by atoms with Crippen LogP contribution in [-0.2, 0) is 4.79 Å². The van der Waals surface area contributed by atoms with E-state index in [1.807, 2.05) is 4.90 Å². The summed E-state index contributed by atoms with van der Waals surface area (Å²) < 4.78 is 0. The molecule has 1 fully saturated rings. The van der Waals surface area contributed by atoms with Crippen LogP contribution in [0.15, 0.2) is 0 Å². The fourth-order valence-electron chi connectivity index (χ4n) is 0.979. The van der Waals surface area contributed by atoms with Crippen LogP contribution in [0.25, 0.3) is 0 Å². The van der Waals surface area contributed by atoms with Gasteiger partial charge in [-0.25, -0.2) is 0 Å². The highest BCUT2D eigenvalue weighted by Gasteiger charge is 2.23. The normalized spacial score (nSPS) is 18.6. The van der Waals surface area contributed by atoms with Crippen LogP contribution in [0, 0.1) is 0 Å². The highest BCUT2D eigenvalue weighted by Crippen LogP contribution is 2.06. The monoisotopic (exact) mass is 181 g/mol. The van der Waals surface area contributed by atoms with Gasteiger partial charge in [-0.3, -0.25) is 9.69 Å². The number of nitrogens with zero attached hydrogens (tertiary/aromatic N) is 1. The van der Waals surface area contributed by atoms with E-state index in [2.05, 4.69) is 0 Å². The van der Waals surface area contributed by atoms with Crippen LogP contribution < -0.4 is 0 Å². The van der Waals surface area contributed by atoms with Gasteiger partial charge in [-0.15, -0.1) is 12.4 Å². The van der Waals surface area contributed by atoms with Crippen LogP contribution in [0.1, 0.15) is 6.42 Å². The van der Waals surface area contributed by atoms with Crippen molar-refractivity contribution in [1.82, 2.24) is 4.90 Å². The van der Waals surface area contributed by atoms with Gasteiger partial charge in [0.25, 0.3) is 0 Å². The SMILES string of the molecule is Cl.O=C(O)CCN1CC(O)C1. The third kappa shape index (κ3) is 3.55. The number of β-amino-alcohol motifs (C(OH)–C–C–N with tert-alkyl or cyclic N) is 1. The van der Waals surface area contributed by atoms with Gasteiger partial charge in [0.2, 0.25) is 0 Å². The zero-order valence-corrected chi connectivity index (χ0v) is 6.88. The quantitative estimate of drug-likeness (QED) is 0.620. The molecule has 0 aliphatic carbocycles. The molecule has 0 atom stereocenters. The van der Waals surface area contributed by atoms with E-state index in [-0.39, 0.29) is 24.9 Å². The van der Waals surface area contributed by atoms with Crippen molar-refractivity contribution in [2.75, 3.05) is 19.6 Å². The van der Waals surface area contributed by atoms with Crippen molar-refractivity contribution in [3.05, 3.63) is 0 Å². The van der Waals surface area contributed by atoms with Crippen LogP contribution in [-0.4, -0.2) is 46.8 Å². The molecular formula is C6H12ClNO3. The molecule has 4 nitrogen and oxygen atoms in total. The summed E-state index contributed by atoms with van der Waals surface area (Å²) in [5.41, 5.74) is 0. The Morgan fingerprint density at radius 1 is 1.55 bits per heavy atom. The van der Waals surface area contributed by atoms with Gasteiger partial charge >= 0.3 is 5.97 Å². The fourth-order valence-corrected chi connectivity index (χ4v) is 0.979. The molecule has 0 aromatic heterocycles. The summed E-state index contributed by atoms with van der Waals surface area (Å²) in [5.74, 6) is -0.776. The van der Waals surface area contributed by atoms with Crippen molar-refractivity contribution in [2.45, 2.75) is 12.5 Å². The molecule has 2 N–H and O–H groups in total. The first-order chi connectivity index (χ1) is 4.68. The summed E-state index contributed by atoms with van der Waals surface area (Å²) in [4.78, 5) is 12.0. The number of carboxylic acids is 1. The van der Waals surface area contributed by atoms with E-state index >= 15 is 0 Å². The van der Waals surface area contributed by atoms with Crippen molar-refractivity contribution in [3.8, 4) is 0 Å². The molecule has 66 valence electrons. The Bertz CT molecular complexity index is 136.